The van der Waals surface area contributed by atoms with Gasteiger partial charge < -0.3 is 35.3 Å². The van der Waals surface area contributed by atoms with Crippen molar-refractivity contribution in [1.82, 2.24) is 19.9 Å². The first-order valence-corrected chi connectivity index (χ1v) is 18.2. The monoisotopic (exact) mass is 866 g/mol. The van der Waals surface area contributed by atoms with Crippen molar-refractivity contribution in [2.24, 2.45) is 0 Å². The maximum atomic E-state index is 13.4. The van der Waals surface area contributed by atoms with Crippen LogP contribution in [0.4, 0.5) is 43.2 Å². The van der Waals surface area contributed by atoms with Gasteiger partial charge in [0.25, 0.3) is 0 Å². The minimum Gasteiger partial charge on any atom is -0.489 e. The number of aromatic nitrogens is 4. The number of hydrogen-bond donors (Lipinski definition) is 3. The average Bonchev–Trinajstić information content (AvgIpc) is 3.18. The summed E-state index contributed by atoms with van der Waals surface area (Å²) in [6, 6.07) is 14.8. The number of fused-ring (bicyclic) bond motifs is 2. The van der Waals surface area contributed by atoms with Crippen molar-refractivity contribution in [3.8, 4) is 11.5 Å². The molecule has 0 saturated carbocycles. The van der Waals surface area contributed by atoms with E-state index in [4.69, 9.17) is 47.9 Å². The normalized spacial score (nSPS) is 10.7. The van der Waals surface area contributed by atoms with Crippen molar-refractivity contribution in [3.63, 3.8) is 0 Å². The van der Waals surface area contributed by atoms with Gasteiger partial charge in [-0.25, -0.2) is 28.7 Å². The second-order valence-electron chi connectivity index (χ2n) is 11.9. The molecule has 0 aliphatic heterocycles. The number of benzene rings is 4. The van der Waals surface area contributed by atoms with E-state index in [0.29, 0.717) is 89.3 Å². The molecule has 0 saturated heterocycles. The van der Waals surface area contributed by atoms with Gasteiger partial charge in [-0.3, -0.25) is 10.1 Å². The molecule has 4 N–H and O–H groups in total. The molecule has 0 radical (unpaired) electrons. The van der Waals surface area contributed by atoms with Crippen molar-refractivity contribution < 1.29 is 49.7 Å². The van der Waals surface area contributed by atoms with E-state index in [9.17, 15) is 18.9 Å². The topological polar surface area (TPSA) is 182 Å². The molecule has 0 atom stereocenters. The zero-order chi connectivity index (χ0) is 40.0. The molecule has 0 fully saturated rings. The van der Waals surface area contributed by atoms with Gasteiger partial charge in [0.05, 0.1) is 50.3 Å². The van der Waals surface area contributed by atoms with Gasteiger partial charge in [0.2, 0.25) is 0 Å². The molecule has 0 spiro atoms. The van der Waals surface area contributed by atoms with Gasteiger partial charge in [-0.1, -0.05) is 37.0 Å². The Morgan fingerprint density at radius 3 is 1.63 bits per heavy atom. The standard InChI is InChI=1S/C19H18ClFN4O4.C19H20ClFN4O2.Fe/c1-2-5-28-6-7-29-18-10-16-13(9-17(18)25(26)27)19(23-11-22-16)24-12-3-4-15(21)14(20)8-12;1-2-5-26-6-7-27-18-10-17-13(9-16(18)22)19(24-11-23-17)25-12-3-4-15(21)14(20)8-12;/h3-4,8-11H,2,5-7H2,1H3,(H,22,23,24);3-4,8-11H,2,5-7,22H2,1H3,(H,23,24,25);. The minimum atomic E-state index is -0.551. The molecule has 302 valence electrons. The van der Waals surface area contributed by atoms with Gasteiger partial charge in [-0.15, -0.1) is 0 Å². The second kappa shape index (κ2) is 22.0. The van der Waals surface area contributed by atoms with Gasteiger partial charge in [-0.05, 0) is 55.3 Å². The fourth-order valence-electron chi connectivity index (χ4n) is 5.09. The molecular formula is C38H38Cl2F2FeN8O6. The Morgan fingerprint density at radius 2 is 1.16 bits per heavy atom. The summed E-state index contributed by atoms with van der Waals surface area (Å²) < 4.78 is 48.6. The van der Waals surface area contributed by atoms with E-state index in [2.05, 4.69) is 30.6 Å². The number of halogens is 4. The SMILES string of the molecule is CCCOCCOc1cc2ncnc(Nc3ccc(F)c(Cl)c3)c2cc1N.CCCOCCOc1cc2ncnc(Nc3ccc(F)c(Cl)c3)c2cc1[N+](=O)[O-].[Fe]. The molecule has 2 aromatic heterocycles. The van der Waals surface area contributed by atoms with E-state index in [-0.39, 0.29) is 45.2 Å². The van der Waals surface area contributed by atoms with Gasteiger partial charge in [-0.2, -0.15) is 0 Å². The fraction of sp³-hybridized carbons (Fsp3) is 0.263. The van der Waals surface area contributed by atoms with E-state index in [0.717, 1.165) is 12.8 Å². The Balaban J connectivity index is 0.000000249. The van der Waals surface area contributed by atoms with Gasteiger partial charge >= 0.3 is 5.69 Å². The summed E-state index contributed by atoms with van der Waals surface area (Å²) in [5, 5.41) is 18.7. The van der Waals surface area contributed by atoms with E-state index in [1.165, 1.54) is 55.1 Å². The number of nitrogens with zero attached hydrogens (tertiary/aromatic N) is 5. The molecule has 19 heteroatoms. The minimum absolute atomic E-state index is 0. The number of anilines is 5. The van der Waals surface area contributed by atoms with E-state index in [1.807, 2.05) is 13.8 Å². The van der Waals surface area contributed by atoms with Crippen LogP contribution in [0.2, 0.25) is 10.0 Å². The summed E-state index contributed by atoms with van der Waals surface area (Å²) >= 11 is 11.6. The van der Waals surface area contributed by atoms with Crippen LogP contribution in [0.25, 0.3) is 21.8 Å². The summed E-state index contributed by atoms with van der Waals surface area (Å²) in [6.45, 7) is 6.73. The first kappa shape index (κ1) is 44.6. The maximum Gasteiger partial charge on any atom is 0.311 e. The Hall–Kier alpha value is -5.16. The number of nitrogens with two attached hydrogens (primary N) is 1. The third-order valence-corrected chi connectivity index (χ3v) is 8.29. The quantitative estimate of drug-likeness (QED) is 0.0260. The Bertz CT molecular complexity index is 2300. The van der Waals surface area contributed by atoms with Crippen LogP contribution >= 0.6 is 23.2 Å². The molecule has 6 aromatic rings. The first-order chi connectivity index (χ1) is 27.1. The molecular weight excluding hydrogens is 829 g/mol. The van der Waals surface area contributed by atoms with Crippen molar-refractivity contribution >= 4 is 79.4 Å². The molecule has 57 heavy (non-hydrogen) atoms. The number of ether oxygens (including phenoxy) is 4. The Morgan fingerprint density at radius 1 is 0.684 bits per heavy atom. The van der Waals surface area contributed by atoms with Crippen LogP contribution in [0, 0.1) is 21.7 Å². The van der Waals surface area contributed by atoms with E-state index in [1.54, 1.807) is 18.2 Å². The van der Waals surface area contributed by atoms with Gasteiger partial charge in [0.15, 0.2) is 5.75 Å². The van der Waals surface area contributed by atoms with Crippen LogP contribution in [-0.4, -0.2) is 64.5 Å². The van der Waals surface area contributed by atoms with Crippen LogP contribution < -0.4 is 25.8 Å². The van der Waals surface area contributed by atoms with Crippen molar-refractivity contribution in [2.75, 3.05) is 56.0 Å². The Labute approximate surface area is 347 Å². The number of rotatable bonds is 17. The maximum absolute atomic E-state index is 13.4. The first-order valence-electron chi connectivity index (χ1n) is 17.4. The third-order valence-electron chi connectivity index (χ3n) is 7.71. The molecule has 0 aliphatic carbocycles. The molecule has 0 unspecified atom stereocenters. The number of nitrogens with one attached hydrogen (secondary N) is 2. The summed E-state index contributed by atoms with van der Waals surface area (Å²) in [5.41, 5.74) is 8.56. The van der Waals surface area contributed by atoms with Crippen LogP contribution in [0.15, 0.2) is 73.3 Å². The van der Waals surface area contributed by atoms with Crippen LogP contribution in [0.1, 0.15) is 26.7 Å². The summed E-state index contributed by atoms with van der Waals surface area (Å²) in [6.07, 6.45) is 4.59. The number of nitro benzene ring substituents is 1. The van der Waals surface area contributed by atoms with E-state index >= 15 is 0 Å². The van der Waals surface area contributed by atoms with Gasteiger partial charge in [0, 0.05) is 65.2 Å². The second-order valence-corrected chi connectivity index (χ2v) is 12.7. The average molecular weight is 868 g/mol. The molecule has 0 aliphatic rings. The largest absolute Gasteiger partial charge is 0.489 e. The number of nitrogen functional groups attached to an aromatic ring is 1. The van der Waals surface area contributed by atoms with Crippen molar-refractivity contribution in [1.29, 1.82) is 0 Å². The molecule has 4 aromatic carbocycles. The van der Waals surface area contributed by atoms with Crippen LogP contribution in [-0.2, 0) is 26.5 Å². The Kier molecular flexibility index (Phi) is 17.2. The molecule has 6 rings (SSSR count). The number of nitro groups is 1. The predicted molar refractivity (Wildman–Crippen MR) is 213 cm³/mol. The zero-order valence-corrected chi connectivity index (χ0v) is 33.3. The molecule has 0 bridgehead atoms. The summed E-state index contributed by atoms with van der Waals surface area (Å²) in [4.78, 5) is 27.8. The van der Waals surface area contributed by atoms with Crippen LogP contribution in [0.3, 0.4) is 0 Å². The summed E-state index contributed by atoms with van der Waals surface area (Å²) in [5.74, 6) is 0.453. The van der Waals surface area contributed by atoms with Gasteiger partial charge in [0.1, 0.15) is 54.9 Å². The van der Waals surface area contributed by atoms with Crippen molar-refractivity contribution in [3.05, 3.63) is 105 Å². The van der Waals surface area contributed by atoms with Crippen LogP contribution in [0.5, 0.6) is 11.5 Å². The molecule has 14 nitrogen and oxygen atoms in total. The van der Waals surface area contributed by atoms with E-state index < -0.39 is 16.6 Å². The predicted octanol–water partition coefficient (Wildman–Crippen LogP) is 9.43. The zero-order valence-electron chi connectivity index (χ0n) is 30.7. The number of hydrogen-bond acceptors (Lipinski definition) is 13. The third kappa shape index (κ3) is 12.4. The van der Waals surface area contributed by atoms with Crippen molar-refractivity contribution in [2.45, 2.75) is 26.7 Å². The fourth-order valence-corrected chi connectivity index (χ4v) is 5.45. The molecule has 0 amide bonds. The molecule has 2 heterocycles. The smallest absolute Gasteiger partial charge is 0.311 e. The summed E-state index contributed by atoms with van der Waals surface area (Å²) in [7, 11) is 0.